The van der Waals surface area contributed by atoms with Crippen LogP contribution in [0.15, 0.2) is 30.5 Å². The maximum absolute atomic E-state index is 13.9. The molecule has 2 saturated heterocycles. The molecule has 16 nitrogen and oxygen atoms in total. The zero-order valence-corrected chi connectivity index (χ0v) is 29.8. The molecular weight excluding hydrogens is 670 g/mol. The van der Waals surface area contributed by atoms with E-state index in [1.807, 2.05) is 32.0 Å². The lowest BCUT2D eigenvalue weighted by Gasteiger charge is -2.36. The van der Waals surface area contributed by atoms with Gasteiger partial charge in [0, 0.05) is 56.6 Å². The van der Waals surface area contributed by atoms with E-state index in [9.17, 15) is 24.0 Å². The molecule has 6 rings (SSSR count). The van der Waals surface area contributed by atoms with Gasteiger partial charge in [-0.25, -0.2) is 9.78 Å². The van der Waals surface area contributed by atoms with Gasteiger partial charge in [0.2, 0.25) is 11.8 Å². The standard InChI is InChI=1S/C36H47N9O7/c1-3-4-17-51-36(50)44-15-13-43(14-16-44)35(49)29(19-25-21-37-42-41-25)40-33(47)28-20-31(26-11-10-23(2)18-27(26)39-28)52-22-32(46)45-12-6-9-30(45)34(48)38-24-7-5-8-24/h10-11,18,20-21,24,29-30H,3-9,12-17,19,22H2,1-2H3,(H,38,48)(H,40,47)(H,37,41,42). The van der Waals surface area contributed by atoms with Gasteiger partial charge in [-0.2, -0.15) is 15.4 Å². The Labute approximate surface area is 301 Å². The Balaban J connectivity index is 1.15. The molecule has 5 amide bonds. The zero-order valence-electron chi connectivity index (χ0n) is 29.8. The molecule has 2 atom stereocenters. The number of benzene rings is 1. The minimum atomic E-state index is -1.01. The Hall–Kier alpha value is -5.28. The largest absolute Gasteiger partial charge is 0.483 e. The molecule has 1 aliphatic carbocycles. The van der Waals surface area contributed by atoms with Gasteiger partial charge in [0.1, 0.15) is 23.5 Å². The van der Waals surface area contributed by atoms with Gasteiger partial charge in [-0.15, -0.1) is 0 Å². The number of H-pyrrole nitrogens is 1. The molecule has 278 valence electrons. The van der Waals surface area contributed by atoms with Crippen molar-refractivity contribution in [3.8, 4) is 5.75 Å². The first kappa shape index (κ1) is 36.5. The van der Waals surface area contributed by atoms with E-state index in [1.165, 1.54) is 12.3 Å². The van der Waals surface area contributed by atoms with Gasteiger partial charge in [-0.1, -0.05) is 19.4 Å². The van der Waals surface area contributed by atoms with Crippen LogP contribution in [0.5, 0.6) is 5.75 Å². The molecule has 3 aliphatic rings. The van der Waals surface area contributed by atoms with Crippen molar-refractivity contribution in [3.05, 3.63) is 47.4 Å². The van der Waals surface area contributed by atoms with E-state index in [2.05, 4.69) is 31.0 Å². The Bertz CT molecular complexity index is 1760. The number of hydrogen-bond donors (Lipinski definition) is 3. The van der Waals surface area contributed by atoms with Crippen LogP contribution in [0.1, 0.15) is 73.6 Å². The number of aryl methyl sites for hydroxylation is 1. The molecule has 4 heterocycles. The first-order chi connectivity index (χ1) is 25.2. The molecule has 0 spiro atoms. The number of piperazine rings is 1. The van der Waals surface area contributed by atoms with E-state index < -0.39 is 24.1 Å². The summed E-state index contributed by atoms with van der Waals surface area (Å²) < 4.78 is 11.4. The first-order valence-corrected chi connectivity index (χ1v) is 18.2. The lowest BCUT2D eigenvalue weighted by atomic mass is 9.93. The SMILES string of the molecule is CCCCOC(=O)N1CCN(C(=O)C(Cc2cn[nH]n2)NC(=O)c2cc(OCC(=O)N3CCCC3C(=O)NC3CCC3)c3ccc(C)cc3n2)CC1. The molecule has 3 N–H and O–H groups in total. The highest BCUT2D eigenvalue weighted by Gasteiger charge is 2.36. The molecule has 0 bridgehead atoms. The fourth-order valence-electron chi connectivity index (χ4n) is 6.64. The Kier molecular flexibility index (Phi) is 11.8. The van der Waals surface area contributed by atoms with E-state index in [4.69, 9.17) is 9.47 Å². The highest BCUT2D eigenvalue weighted by molar-refractivity contribution is 5.99. The molecule has 2 unspecified atom stereocenters. The summed E-state index contributed by atoms with van der Waals surface area (Å²) in [5, 5.41) is 17.0. The minimum Gasteiger partial charge on any atom is -0.483 e. The quantitative estimate of drug-likeness (QED) is 0.221. The summed E-state index contributed by atoms with van der Waals surface area (Å²) in [4.78, 5) is 75.9. The number of likely N-dealkylation sites (tertiary alicyclic amines) is 1. The number of rotatable bonds is 13. The molecule has 2 aromatic heterocycles. The summed E-state index contributed by atoms with van der Waals surface area (Å²) in [5.41, 5.74) is 1.86. The predicted molar refractivity (Wildman–Crippen MR) is 188 cm³/mol. The van der Waals surface area contributed by atoms with E-state index >= 15 is 0 Å². The molecule has 2 aliphatic heterocycles. The molecular formula is C36H47N9O7. The van der Waals surface area contributed by atoms with E-state index in [0.717, 1.165) is 44.1 Å². The minimum absolute atomic E-state index is 0.00271. The van der Waals surface area contributed by atoms with Crippen LogP contribution in [0, 0.1) is 6.92 Å². The second kappa shape index (κ2) is 16.8. The normalized spacial score (nSPS) is 18.1. The number of aromatic nitrogens is 4. The summed E-state index contributed by atoms with van der Waals surface area (Å²) in [6.45, 7) is 5.55. The second-order valence-corrected chi connectivity index (χ2v) is 13.7. The second-order valence-electron chi connectivity index (χ2n) is 13.7. The van der Waals surface area contributed by atoms with E-state index in [0.29, 0.717) is 49.3 Å². The van der Waals surface area contributed by atoms with Crippen LogP contribution in [-0.2, 0) is 25.5 Å². The molecule has 3 fully saturated rings. The average Bonchev–Trinajstić information content (AvgIpc) is 3.84. The van der Waals surface area contributed by atoms with Crippen LogP contribution >= 0.6 is 0 Å². The zero-order chi connectivity index (χ0) is 36.6. The number of pyridine rings is 1. The highest BCUT2D eigenvalue weighted by atomic mass is 16.6. The summed E-state index contributed by atoms with van der Waals surface area (Å²) in [6, 6.07) is 5.62. The van der Waals surface area contributed by atoms with Crippen LogP contribution in [0.4, 0.5) is 4.79 Å². The molecule has 52 heavy (non-hydrogen) atoms. The number of carbonyl (C=O) groups is 5. The van der Waals surface area contributed by atoms with E-state index in [-0.39, 0.29) is 61.3 Å². The number of nitrogens with zero attached hydrogens (tertiary/aromatic N) is 6. The molecule has 1 saturated carbocycles. The molecule has 16 heteroatoms. The fourth-order valence-corrected chi connectivity index (χ4v) is 6.64. The Morgan fingerprint density at radius 2 is 1.79 bits per heavy atom. The van der Waals surface area contributed by atoms with Crippen molar-refractivity contribution >= 4 is 40.6 Å². The van der Waals surface area contributed by atoms with Gasteiger partial charge in [-0.3, -0.25) is 19.2 Å². The van der Waals surface area contributed by atoms with Gasteiger partial charge >= 0.3 is 6.09 Å². The van der Waals surface area contributed by atoms with Crippen molar-refractivity contribution < 1.29 is 33.4 Å². The van der Waals surface area contributed by atoms with Gasteiger partial charge in [0.25, 0.3) is 11.8 Å². The Morgan fingerprint density at radius 3 is 2.50 bits per heavy atom. The average molecular weight is 718 g/mol. The monoisotopic (exact) mass is 717 g/mol. The third kappa shape index (κ3) is 8.77. The Morgan fingerprint density at radius 1 is 1.00 bits per heavy atom. The number of fused-ring (bicyclic) bond motifs is 1. The third-order valence-corrected chi connectivity index (χ3v) is 9.89. The smallest absolute Gasteiger partial charge is 0.409 e. The van der Waals surface area contributed by atoms with Gasteiger partial charge < -0.3 is 34.8 Å². The number of nitrogens with one attached hydrogen (secondary N) is 3. The van der Waals surface area contributed by atoms with Crippen molar-refractivity contribution in [1.82, 2.24) is 45.7 Å². The number of carbonyl (C=O) groups excluding carboxylic acids is 5. The maximum atomic E-state index is 13.9. The number of ether oxygens (including phenoxy) is 2. The van der Waals surface area contributed by atoms with Gasteiger partial charge in [0.15, 0.2) is 6.61 Å². The number of unbranched alkanes of at least 4 members (excludes halogenated alkanes) is 1. The molecule has 3 aromatic rings. The first-order valence-electron chi connectivity index (χ1n) is 18.2. The van der Waals surface area contributed by atoms with Crippen LogP contribution < -0.4 is 15.4 Å². The van der Waals surface area contributed by atoms with Crippen LogP contribution in [0.3, 0.4) is 0 Å². The van der Waals surface area contributed by atoms with Gasteiger partial charge in [0.05, 0.1) is 24.0 Å². The lowest BCUT2D eigenvalue weighted by Crippen LogP contribution is -2.56. The highest BCUT2D eigenvalue weighted by Crippen LogP contribution is 2.28. The van der Waals surface area contributed by atoms with Crippen molar-refractivity contribution in [1.29, 1.82) is 0 Å². The summed E-state index contributed by atoms with van der Waals surface area (Å²) in [5.74, 6) is -1.12. The van der Waals surface area contributed by atoms with Gasteiger partial charge in [-0.05, 0) is 63.1 Å². The maximum Gasteiger partial charge on any atom is 0.409 e. The molecule has 0 radical (unpaired) electrons. The predicted octanol–water partition coefficient (Wildman–Crippen LogP) is 2.12. The van der Waals surface area contributed by atoms with Crippen molar-refractivity contribution in [2.75, 3.05) is 45.9 Å². The fraction of sp³-hybridized carbons (Fsp3) is 0.556. The van der Waals surface area contributed by atoms with Crippen molar-refractivity contribution in [2.45, 2.75) is 83.3 Å². The van der Waals surface area contributed by atoms with Crippen LogP contribution in [0.25, 0.3) is 10.9 Å². The van der Waals surface area contributed by atoms with Crippen LogP contribution in [0.2, 0.25) is 0 Å². The lowest BCUT2D eigenvalue weighted by molar-refractivity contribution is -0.140. The van der Waals surface area contributed by atoms with Crippen molar-refractivity contribution in [3.63, 3.8) is 0 Å². The number of hydrogen-bond acceptors (Lipinski definition) is 10. The summed E-state index contributed by atoms with van der Waals surface area (Å²) in [7, 11) is 0. The molecule has 1 aromatic carbocycles. The van der Waals surface area contributed by atoms with Crippen molar-refractivity contribution in [2.24, 2.45) is 0 Å². The summed E-state index contributed by atoms with van der Waals surface area (Å²) in [6.07, 6.45) is 7.19. The summed E-state index contributed by atoms with van der Waals surface area (Å²) >= 11 is 0. The van der Waals surface area contributed by atoms with E-state index in [1.54, 1.807) is 14.7 Å². The number of aromatic amines is 1. The topological polar surface area (TPSA) is 192 Å². The van der Waals surface area contributed by atoms with Crippen LogP contribution in [-0.4, -0.2) is 129 Å². The number of amides is 5. The third-order valence-electron chi connectivity index (χ3n) is 9.89.